The normalized spacial score (nSPS) is 26.2. The molecule has 0 radical (unpaired) electrons. The Morgan fingerprint density at radius 1 is 1.00 bits per heavy atom. The molecular weight excluding hydrogens is 410 g/mol. The fraction of sp³-hybridized carbons (Fsp3) is 0.636. The summed E-state index contributed by atoms with van der Waals surface area (Å²) in [6.07, 6.45) is 10.9. The van der Waals surface area contributed by atoms with Gasteiger partial charge in [0, 0.05) is 77.0 Å². The summed E-state index contributed by atoms with van der Waals surface area (Å²) < 4.78 is 18.2. The molecule has 2 fully saturated rings. The second kappa shape index (κ2) is 11.6. The standard InChI is InChI=1S/C22H35N7O3/c1-19-18-24-10-13-29(19)20-21(26-7-6-25-20)30-16-17-32-22(4-2-3-5-27-22)31-15-14-28-11-8-23-9-12-28/h2-7,19,23-24,27H,8-18H2,1H3/t19-,22?/m1/s1. The molecule has 3 N–H and O–H groups in total. The zero-order valence-electron chi connectivity index (χ0n) is 18.8. The molecule has 10 heteroatoms. The van der Waals surface area contributed by atoms with E-state index in [1.165, 1.54) is 0 Å². The first-order chi connectivity index (χ1) is 15.8. The molecular formula is C22H35N7O3. The Morgan fingerprint density at radius 2 is 1.81 bits per heavy atom. The summed E-state index contributed by atoms with van der Waals surface area (Å²) in [5.74, 6) is 0.331. The van der Waals surface area contributed by atoms with Crippen LogP contribution in [0, 0.1) is 0 Å². The molecule has 1 unspecified atom stereocenters. The van der Waals surface area contributed by atoms with E-state index >= 15 is 0 Å². The third-order valence-electron chi connectivity index (χ3n) is 5.80. The lowest BCUT2D eigenvalue weighted by Gasteiger charge is -2.35. The lowest BCUT2D eigenvalue weighted by atomic mass is 10.2. The second-order valence-electron chi connectivity index (χ2n) is 8.10. The van der Waals surface area contributed by atoms with Crippen LogP contribution in [0.5, 0.6) is 5.88 Å². The summed E-state index contributed by atoms with van der Waals surface area (Å²) in [5, 5.41) is 9.96. The Kier molecular flexibility index (Phi) is 8.30. The van der Waals surface area contributed by atoms with Gasteiger partial charge < -0.3 is 35.1 Å². The van der Waals surface area contributed by atoms with Gasteiger partial charge in [0.25, 0.3) is 11.8 Å². The number of anilines is 1. The molecule has 0 amide bonds. The van der Waals surface area contributed by atoms with Crippen molar-refractivity contribution in [3.63, 3.8) is 0 Å². The molecule has 0 aromatic carbocycles. The van der Waals surface area contributed by atoms with E-state index in [4.69, 9.17) is 14.2 Å². The van der Waals surface area contributed by atoms with E-state index in [0.29, 0.717) is 31.7 Å². The Balaban J connectivity index is 1.27. The van der Waals surface area contributed by atoms with Gasteiger partial charge in [-0.05, 0) is 19.1 Å². The average Bonchev–Trinajstić information content (AvgIpc) is 2.84. The first kappa shape index (κ1) is 22.9. The van der Waals surface area contributed by atoms with Crippen molar-refractivity contribution in [2.24, 2.45) is 0 Å². The number of nitrogens with zero attached hydrogens (tertiary/aromatic N) is 4. The van der Waals surface area contributed by atoms with Crippen LogP contribution in [0.4, 0.5) is 5.82 Å². The Labute approximate surface area is 190 Å². The zero-order chi connectivity index (χ0) is 22.1. The Bertz CT molecular complexity index is 772. The molecule has 0 spiro atoms. The lowest BCUT2D eigenvalue weighted by molar-refractivity contribution is -0.222. The number of piperazine rings is 2. The quantitative estimate of drug-likeness (QED) is 0.335. The van der Waals surface area contributed by atoms with Gasteiger partial charge in [0.15, 0.2) is 5.82 Å². The van der Waals surface area contributed by atoms with E-state index in [2.05, 4.69) is 42.6 Å². The summed E-state index contributed by atoms with van der Waals surface area (Å²) in [5.41, 5.74) is 0. The van der Waals surface area contributed by atoms with Gasteiger partial charge in [-0.2, -0.15) is 0 Å². The minimum atomic E-state index is -0.982. The topological polar surface area (TPSA) is 96.0 Å². The first-order valence-electron chi connectivity index (χ1n) is 11.5. The SMILES string of the molecule is C[C@@H]1CNCCN1c1nccnc1OCCOC1(OCCN2CCNCC2)C=CC=CN1. The largest absolute Gasteiger partial charge is 0.473 e. The average molecular weight is 446 g/mol. The number of nitrogens with one attached hydrogen (secondary N) is 3. The summed E-state index contributed by atoms with van der Waals surface area (Å²) in [6, 6.07) is 0.328. The van der Waals surface area contributed by atoms with E-state index in [1.807, 2.05) is 24.4 Å². The number of hydrogen-bond acceptors (Lipinski definition) is 10. The maximum absolute atomic E-state index is 6.13. The van der Waals surface area contributed by atoms with Crippen molar-refractivity contribution in [3.8, 4) is 5.88 Å². The van der Waals surface area contributed by atoms with Gasteiger partial charge in [0.05, 0.1) is 13.2 Å². The monoisotopic (exact) mass is 445 g/mol. The van der Waals surface area contributed by atoms with Gasteiger partial charge in [-0.3, -0.25) is 4.90 Å². The van der Waals surface area contributed by atoms with Crippen LogP contribution >= 0.6 is 0 Å². The molecule has 2 saturated heterocycles. The number of ether oxygens (including phenoxy) is 3. The molecule has 0 saturated carbocycles. The molecule has 4 heterocycles. The van der Waals surface area contributed by atoms with Crippen LogP contribution in [-0.2, 0) is 9.47 Å². The van der Waals surface area contributed by atoms with Crippen LogP contribution in [0.25, 0.3) is 0 Å². The van der Waals surface area contributed by atoms with Crippen LogP contribution in [0.15, 0.2) is 36.8 Å². The summed E-state index contributed by atoms with van der Waals surface area (Å²) in [6.45, 7) is 11.1. The van der Waals surface area contributed by atoms with Crippen molar-refractivity contribution >= 4 is 5.82 Å². The second-order valence-corrected chi connectivity index (χ2v) is 8.10. The van der Waals surface area contributed by atoms with Gasteiger partial charge >= 0.3 is 0 Å². The van der Waals surface area contributed by atoms with Gasteiger partial charge in [-0.1, -0.05) is 6.08 Å². The molecule has 1 aromatic rings. The van der Waals surface area contributed by atoms with Crippen LogP contribution in [0.1, 0.15) is 6.92 Å². The molecule has 2 atom stereocenters. The fourth-order valence-electron chi connectivity index (χ4n) is 4.04. The van der Waals surface area contributed by atoms with Crippen LogP contribution in [0.2, 0.25) is 0 Å². The van der Waals surface area contributed by atoms with E-state index in [1.54, 1.807) is 12.4 Å². The highest BCUT2D eigenvalue weighted by atomic mass is 16.7. The Hall–Kier alpha value is -2.24. The van der Waals surface area contributed by atoms with Gasteiger partial charge in [-0.15, -0.1) is 0 Å². The van der Waals surface area contributed by atoms with Gasteiger partial charge in [-0.25, -0.2) is 9.97 Å². The van der Waals surface area contributed by atoms with Crippen molar-refractivity contribution in [1.82, 2.24) is 30.8 Å². The van der Waals surface area contributed by atoms with Crippen molar-refractivity contribution in [2.45, 2.75) is 18.9 Å². The third-order valence-corrected chi connectivity index (χ3v) is 5.80. The maximum Gasteiger partial charge on any atom is 0.270 e. The van der Waals surface area contributed by atoms with Crippen molar-refractivity contribution < 1.29 is 14.2 Å². The minimum absolute atomic E-state index is 0.328. The molecule has 3 aliphatic rings. The highest BCUT2D eigenvalue weighted by Gasteiger charge is 2.30. The smallest absolute Gasteiger partial charge is 0.270 e. The fourth-order valence-corrected chi connectivity index (χ4v) is 4.04. The molecule has 10 nitrogen and oxygen atoms in total. The maximum atomic E-state index is 6.13. The summed E-state index contributed by atoms with van der Waals surface area (Å²) in [7, 11) is 0. The minimum Gasteiger partial charge on any atom is -0.473 e. The number of allylic oxidation sites excluding steroid dienone is 2. The number of hydrogen-bond donors (Lipinski definition) is 3. The first-order valence-corrected chi connectivity index (χ1v) is 11.5. The number of dihydropyridines is 1. The molecule has 176 valence electrons. The molecule has 0 bridgehead atoms. The van der Waals surface area contributed by atoms with Crippen molar-refractivity contribution in [1.29, 1.82) is 0 Å². The van der Waals surface area contributed by atoms with E-state index in [0.717, 1.165) is 58.2 Å². The Morgan fingerprint density at radius 3 is 2.62 bits per heavy atom. The van der Waals surface area contributed by atoms with Crippen molar-refractivity contribution in [2.75, 3.05) is 77.1 Å². The van der Waals surface area contributed by atoms with Crippen LogP contribution in [0.3, 0.4) is 0 Å². The number of aromatic nitrogens is 2. The molecule has 4 rings (SSSR count). The summed E-state index contributed by atoms with van der Waals surface area (Å²) in [4.78, 5) is 13.6. The molecule has 3 aliphatic heterocycles. The summed E-state index contributed by atoms with van der Waals surface area (Å²) >= 11 is 0. The van der Waals surface area contributed by atoms with E-state index in [-0.39, 0.29) is 0 Å². The molecule has 0 aliphatic carbocycles. The van der Waals surface area contributed by atoms with E-state index in [9.17, 15) is 0 Å². The van der Waals surface area contributed by atoms with Crippen LogP contribution in [-0.4, -0.2) is 99.0 Å². The molecule has 1 aromatic heterocycles. The van der Waals surface area contributed by atoms with Gasteiger partial charge in [0.1, 0.15) is 6.61 Å². The highest BCUT2D eigenvalue weighted by molar-refractivity contribution is 5.49. The zero-order valence-corrected chi connectivity index (χ0v) is 18.8. The highest BCUT2D eigenvalue weighted by Crippen LogP contribution is 2.25. The predicted molar refractivity (Wildman–Crippen MR) is 123 cm³/mol. The van der Waals surface area contributed by atoms with Gasteiger partial charge in [0.2, 0.25) is 0 Å². The molecule has 32 heavy (non-hydrogen) atoms. The third kappa shape index (κ3) is 6.17. The van der Waals surface area contributed by atoms with E-state index < -0.39 is 5.91 Å². The predicted octanol–water partition coefficient (Wildman–Crippen LogP) is -0.0812. The lowest BCUT2D eigenvalue weighted by Crippen LogP contribution is -2.50. The number of rotatable bonds is 10. The van der Waals surface area contributed by atoms with Crippen molar-refractivity contribution in [3.05, 3.63) is 36.8 Å². The van der Waals surface area contributed by atoms with Crippen LogP contribution < -0.4 is 25.6 Å².